The van der Waals surface area contributed by atoms with Crippen LogP contribution in [0.25, 0.3) is 5.69 Å². The molecule has 0 N–H and O–H groups in total. The van der Waals surface area contributed by atoms with Crippen LogP contribution in [0.1, 0.15) is 10.5 Å². The number of carbonyl (C=O) groups excluding carboxylic acids is 1. The number of nitro groups is 1. The van der Waals surface area contributed by atoms with Crippen LogP contribution in [0.15, 0.2) is 39.7 Å². The summed E-state index contributed by atoms with van der Waals surface area (Å²) in [6, 6.07) is 5.43. The lowest BCUT2D eigenvalue weighted by molar-refractivity contribution is -0.385. The molecule has 0 spiro atoms. The number of rotatable bonds is 3. The minimum atomic E-state index is -0.874. The molecule has 0 unspecified atom stereocenters. The van der Waals surface area contributed by atoms with E-state index in [-0.39, 0.29) is 5.69 Å². The molecule has 1 aromatic heterocycles. The first kappa shape index (κ1) is 14.9. The van der Waals surface area contributed by atoms with Crippen molar-refractivity contribution in [1.82, 2.24) is 9.78 Å². The van der Waals surface area contributed by atoms with Crippen LogP contribution < -0.4 is 5.43 Å². The Balaban J connectivity index is 2.57. The second-order valence-corrected chi connectivity index (χ2v) is 4.71. The van der Waals surface area contributed by atoms with Gasteiger partial charge in [-0.15, -0.1) is 0 Å². The van der Waals surface area contributed by atoms with E-state index in [0.29, 0.717) is 10.2 Å². The topological polar surface area (TPSA) is 104 Å². The normalized spacial score (nSPS) is 10.2. The molecule has 0 bridgehead atoms. The van der Waals surface area contributed by atoms with Crippen LogP contribution in [0.2, 0.25) is 0 Å². The van der Waals surface area contributed by atoms with Crippen LogP contribution in [0, 0.1) is 10.1 Å². The first-order valence-electron chi connectivity index (χ1n) is 5.56. The lowest BCUT2D eigenvalue weighted by Gasteiger charge is -2.07. The van der Waals surface area contributed by atoms with Crippen molar-refractivity contribution in [3.63, 3.8) is 0 Å². The molecule has 9 heteroatoms. The zero-order valence-corrected chi connectivity index (χ0v) is 12.2. The summed E-state index contributed by atoms with van der Waals surface area (Å²) < 4.78 is 5.96. The third-order valence-electron chi connectivity index (χ3n) is 2.58. The molecule has 0 aliphatic rings. The highest BCUT2D eigenvalue weighted by Gasteiger charge is 2.16. The Bertz CT molecular complexity index is 787. The van der Waals surface area contributed by atoms with Gasteiger partial charge in [-0.25, -0.2) is 9.48 Å². The van der Waals surface area contributed by atoms with E-state index in [1.54, 1.807) is 6.07 Å². The van der Waals surface area contributed by atoms with Gasteiger partial charge in [0.2, 0.25) is 11.1 Å². The van der Waals surface area contributed by atoms with Gasteiger partial charge in [0.15, 0.2) is 0 Å². The van der Waals surface area contributed by atoms with E-state index < -0.39 is 22.0 Å². The molecule has 0 fully saturated rings. The van der Waals surface area contributed by atoms with Gasteiger partial charge in [-0.2, -0.15) is 5.10 Å². The molecule has 0 radical (unpaired) electrons. The number of carbonyl (C=O) groups is 1. The van der Waals surface area contributed by atoms with Gasteiger partial charge in [0.25, 0.3) is 5.69 Å². The van der Waals surface area contributed by atoms with E-state index in [1.165, 1.54) is 23.0 Å². The first-order chi connectivity index (χ1) is 9.93. The van der Waals surface area contributed by atoms with Crippen LogP contribution in [0.4, 0.5) is 5.69 Å². The molecule has 2 rings (SSSR count). The van der Waals surface area contributed by atoms with Crippen molar-refractivity contribution in [1.29, 1.82) is 0 Å². The maximum atomic E-state index is 11.5. The van der Waals surface area contributed by atoms with E-state index in [0.717, 1.165) is 13.2 Å². The van der Waals surface area contributed by atoms with Crippen molar-refractivity contribution >= 4 is 27.6 Å². The Morgan fingerprint density at radius 1 is 1.43 bits per heavy atom. The smallest absolute Gasteiger partial charge is 0.362 e. The molecule has 1 aromatic carbocycles. The van der Waals surface area contributed by atoms with Crippen LogP contribution >= 0.6 is 15.9 Å². The number of methoxy groups -OCH3 is 1. The quantitative estimate of drug-likeness (QED) is 0.472. The van der Waals surface area contributed by atoms with Gasteiger partial charge in [-0.05, 0) is 28.1 Å². The zero-order valence-electron chi connectivity index (χ0n) is 10.6. The number of benzene rings is 1. The summed E-state index contributed by atoms with van der Waals surface area (Å²) in [5.74, 6) is -0.874. The average Bonchev–Trinajstić information content (AvgIpc) is 2.47. The fourth-order valence-electron chi connectivity index (χ4n) is 1.57. The maximum Gasteiger partial charge on any atom is 0.362 e. The molecule has 0 saturated heterocycles. The van der Waals surface area contributed by atoms with E-state index >= 15 is 0 Å². The lowest BCUT2D eigenvalue weighted by Crippen LogP contribution is -2.21. The number of hydrogen-bond acceptors (Lipinski definition) is 6. The van der Waals surface area contributed by atoms with Gasteiger partial charge in [0.05, 0.1) is 22.2 Å². The Kier molecular flexibility index (Phi) is 4.13. The minimum absolute atomic E-state index is 0.160. The van der Waals surface area contributed by atoms with Crippen molar-refractivity contribution in [3.8, 4) is 5.69 Å². The van der Waals surface area contributed by atoms with E-state index in [9.17, 15) is 19.7 Å². The van der Waals surface area contributed by atoms with Crippen molar-refractivity contribution in [2.45, 2.75) is 0 Å². The molecular weight excluding hydrogens is 346 g/mol. The number of aromatic nitrogens is 2. The molecule has 0 aliphatic carbocycles. The highest BCUT2D eigenvalue weighted by molar-refractivity contribution is 9.10. The van der Waals surface area contributed by atoms with Gasteiger partial charge in [-0.1, -0.05) is 0 Å². The molecule has 1 heterocycles. The van der Waals surface area contributed by atoms with E-state index in [2.05, 4.69) is 25.8 Å². The fourth-order valence-corrected chi connectivity index (χ4v) is 1.96. The standard InChI is InChI=1S/C12H8BrN3O5/c1-21-12(18)11-10(17)4-5-15(14-11)7-2-3-8(13)9(6-7)16(19)20/h2-6H,1H3. The predicted octanol–water partition coefficient (Wildman–Crippen LogP) is 1.69. The number of esters is 1. The molecule has 2 aromatic rings. The average molecular weight is 354 g/mol. The van der Waals surface area contributed by atoms with Crippen molar-refractivity contribution < 1.29 is 14.5 Å². The molecule has 0 atom stereocenters. The Labute approximate surface area is 126 Å². The molecule has 0 aliphatic heterocycles. The molecule has 8 nitrogen and oxygen atoms in total. The third-order valence-corrected chi connectivity index (χ3v) is 3.25. The zero-order chi connectivity index (χ0) is 15.6. The highest BCUT2D eigenvalue weighted by atomic mass is 79.9. The van der Waals surface area contributed by atoms with E-state index in [4.69, 9.17) is 0 Å². The van der Waals surface area contributed by atoms with Crippen molar-refractivity contribution in [2.75, 3.05) is 7.11 Å². The molecule has 108 valence electrons. The van der Waals surface area contributed by atoms with Crippen LogP contribution in [0.5, 0.6) is 0 Å². The first-order valence-corrected chi connectivity index (χ1v) is 6.36. The number of halogens is 1. The Hall–Kier alpha value is -2.55. The van der Waals surface area contributed by atoms with Gasteiger partial charge in [-0.3, -0.25) is 14.9 Å². The summed E-state index contributed by atoms with van der Waals surface area (Å²) in [5, 5.41) is 14.7. The highest BCUT2D eigenvalue weighted by Crippen LogP contribution is 2.26. The Morgan fingerprint density at radius 2 is 2.14 bits per heavy atom. The van der Waals surface area contributed by atoms with Gasteiger partial charge < -0.3 is 4.74 Å². The maximum absolute atomic E-state index is 11.5. The van der Waals surface area contributed by atoms with Gasteiger partial charge >= 0.3 is 5.97 Å². The monoisotopic (exact) mass is 353 g/mol. The third kappa shape index (κ3) is 2.97. The molecule has 0 saturated carbocycles. The number of nitro benzene ring substituents is 1. The fraction of sp³-hybridized carbons (Fsp3) is 0.0833. The minimum Gasteiger partial charge on any atom is -0.464 e. The number of nitrogens with zero attached hydrogens (tertiary/aromatic N) is 3. The van der Waals surface area contributed by atoms with Crippen LogP contribution in [-0.2, 0) is 4.74 Å². The Morgan fingerprint density at radius 3 is 2.76 bits per heavy atom. The van der Waals surface area contributed by atoms with E-state index in [1.807, 2.05) is 0 Å². The van der Waals surface area contributed by atoms with Gasteiger partial charge in [0.1, 0.15) is 0 Å². The van der Waals surface area contributed by atoms with Gasteiger partial charge in [0, 0.05) is 18.3 Å². The summed E-state index contributed by atoms with van der Waals surface area (Å²) in [7, 11) is 1.13. The summed E-state index contributed by atoms with van der Waals surface area (Å²) >= 11 is 3.07. The summed E-state index contributed by atoms with van der Waals surface area (Å²) in [6.45, 7) is 0. The number of ether oxygens (including phenoxy) is 1. The number of hydrogen-bond donors (Lipinski definition) is 0. The molecular formula is C12H8BrN3O5. The summed E-state index contributed by atoms with van der Waals surface area (Å²) in [4.78, 5) is 33.3. The largest absolute Gasteiger partial charge is 0.464 e. The second kappa shape index (κ2) is 5.83. The lowest BCUT2D eigenvalue weighted by atomic mass is 10.3. The van der Waals surface area contributed by atoms with Crippen molar-refractivity contribution in [2.24, 2.45) is 0 Å². The SMILES string of the molecule is COC(=O)c1nn(-c2ccc(Br)c([N+](=O)[O-])c2)ccc1=O. The summed E-state index contributed by atoms with van der Waals surface area (Å²) in [6.07, 6.45) is 1.31. The second-order valence-electron chi connectivity index (χ2n) is 3.86. The van der Waals surface area contributed by atoms with Crippen LogP contribution in [0.3, 0.4) is 0 Å². The van der Waals surface area contributed by atoms with Crippen molar-refractivity contribution in [3.05, 3.63) is 61.0 Å². The summed E-state index contributed by atoms with van der Waals surface area (Å²) in [5.41, 5.74) is -0.821. The predicted molar refractivity (Wildman–Crippen MR) is 75.5 cm³/mol. The molecule has 0 amide bonds. The van der Waals surface area contributed by atoms with Crippen LogP contribution in [-0.4, -0.2) is 27.8 Å². The molecule has 21 heavy (non-hydrogen) atoms.